The average molecular weight is 336 g/mol. The average Bonchev–Trinajstić information content (AvgIpc) is 2.60. The van der Waals surface area contributed by atoms with Gasteiger partial charge in [0.05, 0.1) is 0 Å². The smallest absolute Gasteiger partial charge is 0.336 e. The molecule has 0 radical (unpaired) electrons. The highest BCUT2D eigenvalue weighted by Crippen LogP contribution is 2.28. The van der Waals surface area contributed by atoms with Crippen LogP contribution in [0.25, 0.3) is 11.0 Å². The molecule has 2 aromatic carbocycles. The summed E-state index contributed by atoms with van der Waals surface area (Å²) in [7, 11) is 0. The standard InChI is InChI=1S/C21H20O4/c1-3-16-12-17-14(2)11-21(23)25-19(17)13-18(16)24-20(22)10-9-15-7-5-4-6-8-15/h4-8,11-13H,3,9-10H2,1-2H3. The zero-order valence-corrected chi connectivity index (χ0v) is 14.4. The molecule has 0 N–H and O–H groups in total. The molecule has 4 heteroatoms. The van der Waals surface area contributed by atoms with Crippen LogP contribution in [-0.2, 0) is 17.6 Å². The first-order valence-corrected chi connectivity index (χ1v) is 8.39. The van der Waals surface area contributed by atoms with Gasteiger partial charge in [-0.25, -0.2) is 4.79 Å². The Bertz CT molecular complexity index is 955. The molecule has 0 aliphatic heterocycles. The molecule has 0 aliphatic rings. The molecule has 0 aliphatic carbocycles. The van der Waals surface area contributed by atoms with Gasteiger partial charge in [-0.15, -0.1) is 0 Å². The molecule has 0 spiro atoms. The van der Waals surface area contributed by atoms with Gasteiger partial charge in [-0.1, -0.05) is 37.3 Å². The Hall–Kier alpha value is -2.88. The molecule has 0 saturated heterocycles. The van der Waals surface area contributed by atoms with Gasteiger partial charge >= 0.3 is 11.6 Å². The molecule has 4 nitrogen and oxygen atoms in total. The minimum Gasteiger partial charge on any atom is -0.426 e. The molecule has 3 aromatic rings. The second kappa shape index (κ2) is 7.34. The van der Waals surface area contributed by atoms with Crippen LogP contribution in [0.3, 0.4) is 0 Å². The molecule has 3 rings (SSSR count). The van der Waals surface area contributed by atoms with E-state index in [0.29, 0.717) is 24.2 Å². The van der Waals surface area contributed by atoms with Crippen LogP contribution in [-0.4, -0.2) is 5.97 Å². The summed E-state index contributed by atoms with van der Waals surface area (Å²) in [5.41, 5.74) is 2.89. The van der Waals surface area contributed by atoms with Crippen molar-refractivity contribution in [3.8, 4) is 5.75 Å². The molecule has 25 heavy (non-hydrogen) atoms. The van der Waals surface area contributed by atoms with Crippen molar-refractivity contribution in [3.63, 3.8) is 0 Å². The van der Waals surface area contributed by atoms with E-state index in [4.69, 9.17) is 9.15 Å². The van der Waals surface area contributed by atoms with E-state index in [9.17, 15) is 9.59 Å². The number of aryl methyl sites for hydroxylation is 3. The summed E-state index contributed by atoms with van der Waals surface area (Å²) >= 11 is 0. The normalized spacial score (nSPS) is 10.8. The highest BCUT2D eigenvalue weighted by molar-refractivity contribution is 5.84. The fourth-order valence-electron chi connectivity index (χ4n) is 2.83. The van der Waals surface area contributed by atoms with Crippen LogP contribution in [0.4, 0.5) is 0 Å². The molecule has 0 amide bonds. The molecule has 128 valence electrons. The number of benzene rings is 2. The SMILES string of the molecule is CCc1cc2c(C)cc(=O)oc2cc1OC(=O)CCc1ccccc1. The Kier molecular flexibility index (Phi) is 4.98. The van der Waals surface area contributed by atoms with Crippen LogP contribution in [0.1, 0.15) is 30.0 Å². The molecule has 0 saturated carbocycles. The van der Waals surface area contributed by atoms with Gasteiger partial charge in [0, 0.05) is 23.9 Å². The van der Waals surface area contributed by atoms with E-state index in [-0.39, 0.29) is 5.97 Å². The Balaban J connectivity index is 1.82. The summed E-state index contributed by atoms with van der Waals surface area (Å²) < 4.78 is 10.8. The van der Waals surface area contributed by atoms with Crippen LogP contribution in [0.2, 0.25) is 0 Å². The first-order valence-electron chi connectivity index (χ1n) is 8.39. The molecule has 0 unspecified atom stereocenters. The predicted molar refractivity (Wildman–Crippen MR) is 97.0 cm³/mol. The lowest BCUT2D eigenvalue weighted by atomic mass is 10.1. The summed E-state index contributed by atoms with van der Waals surface area (Å²) in [6.45, 7) is 3.86. The van der Waals surface area contributed by atoms with Crippen molar-refractivity contribution in [3.05, 3.63) is 75.6 Å². The van der Waals surface area contributed by atoms with Crippen LogP contribution >= 0.6 is 0 Å². The zero-order valence-electron chi connectivity index (χ0n) is 14.4. The van der Waals surface area contributed by atoms with Crippen molar-refractivity contribution < 1.29 is 13.9 Å². The summed E-state index contributed by atoms with van der Waals surface area (Å²) in [5.74, 6) is 0.162. The van der Waals surface area contributed by atoms with Crippen LogP contribution in [0.5, 0.6) is 5.75 Å². The molecule has 1 aromatic heterocycles. The molecular weight excluding hydrogens is 316 g/mol. The number of carbonyl (C=O) groups is 1. The van der Waals surface area contributed by atoms with Gasteiger partial charge < -0.3 is 9.15 Å². The Morgan fingerprint density at radius 3 is 2.60 bits per heavy atom. The summed E-state index contributed by atoms with van der Waals surface area (Å²) in [4.78, 5) is 23.8. The van der Waals surface area contributed by atoms with Gasteiger partial charge in [-0.2, -0.15) is 0 Å². The van der Waals surface area contributed by atoms with Crippen LogP contribution in [0, 0.1) is 6.92 Å². The van der Waals surface area contributed by atoms with Crippen molar-refractivity contribution >= 4 is 16.9 Å². The number of rotatable bonds is 5. The van der Waals surface area contributed by atoms with E-state index < -0.39 is 5.63 Å². The maximum Gasteiger partial charge on any atom is 0.336 e. The van der Waals surface area contributed by atoms with E-state index in [1.165, 1.54) is 6.07 Å². The second-order valence-electron chi connectivity index (χ2n) is 6.02. The number of hydrogen-bond donors (Lipinski definition) is 0. The number of ether oxygens (including phenoxy) is 1. The minimum atomic E-state index is -0.407. The van der Waals surface area contributed by atoms with Crippen molar-refractivity contribution in [2.45, 2.75) is 33.1 Å². The monoisotopic (exact) mass is 336 g/mol. The summed E-state index contributed by atoms with van der Waals surface area (Å²) in [5, 5.41) is 0.862. The van der Waals surface area contributed by atoms with Crippen LogP contribution < -0.4 is 10.4 Å². The quantitative estimate of drug-likeness (QED) is 0.398. The van der Waals surface area contributed by atoms with Gasteiger partial charge in [-0.3, -0.25) is 4.79 Å². The van der Waals surface area contributed by atoms with Crippen molar-refractivity contribution in [2.75, 3.05) is 0 Å². The van der Waals surface area contributed by atoms with Crippen molar-refractivity contribution in [1.82, 2.24) is 0 Å². The lowest BCUT2D eigenvalue weighted by Gasteiger charge is -2.11. The van der Waals surface area contributed by atoms with E-state index in [2.05, 4.69) is 0 Å². The third-order valence-electron chi connectivity index (χ3n) is 4.20. The topological polar surface area (TPSA) is 56.5 Å². The minimum absolute atomic E-state index is 0.295. The lowest BCUT2D eigenvalue weighted by Crippen LogP contribution is -2.10. The predicted octanol–water partition coefficient (Wildman–Crippen LogP) is 4.20. The highest BCUT2D eigenvalue weighted by Gasteiger charge is 2.13. The maximum absolute atomic E-state index is 12.2. The van der Waals surface area contributed by atoms with Gasteiger partial charge in [0.25, 0.3) is 0 Å². The van der Waals surface area contributed by atoms with Crippen LogP contribution in [0.15, 0.2) is 57.7 Å². The number of hydrogen-bond acceptors (Lipinski definition) is 4. The first kappa shape index (κ1) is 17.0. The van der Waals surface area contributed by atoms with Gasteiger partial charge in [0.2, 0.25) is 0 Å². The maximum atomic E-state index is 12.2. The lowest BCUT2D eigenvalue weighted by molar-refractivity contribution is -0.134. The van der Waals surface area contributed by atoms with Crippen molar-refractivity contribution in [1.29, 1.82) is 0 Å². The zero-order chi connectivity index (χ0) is 17.8. The van der Waals surface area contributed by atoms with E-state index in [1.54, 1.807) is 6.07 Å². The summed E-state index contributed by atoms with van der Waals surface area (Å²) in [6.07, 6.45) is 1.64. The largest absolute Gasteiger partial charge is 0.426 e. The van der Waals surface area contributed by atoms with E-state index in [1.807, 2.05) is 50.2 Å². The van der Waals surface area contributed by atoms with Crippen molar-refractivity contribution in [2.24, 2.45) is 0 Å². The first-order chi connectivity index (χ1) is 12.1. The fourth-order valence-corrected chi connectivity index (χ4v) is 2.83. The molecule has 0 fully saturated rings. The Labute approximate surface area is 146 Å². The third-order valence-corrected chi connectivity index (χ3v) is 4.20. The number of esters is 1. The highest BCUT2D eigenvalue weighted by atomic mass is 16.5. The molecular formula is C21H20O4. The van der Waals surface area contributed by atoms with Gasteiger partial charge in [0.15, 0.2) is 0 Å². The Morgan fingerprint density at radius 2 is 1.88 bits per heavy atom. The third kappa shape index (κ3) is 3.97. The molecule has 1 heterocycles. The van der Waals surface area contributed by atoms with E-state index in [0.717, 1.165) is 28.5 Å². The van der Waals surface area contributed by atoms with Gasteiger partial charge in [0.1, 0.15) is 11.3 Å². The Morgan fingerprint density at radius 1 is 1.12 bits per heavy atom. The van der Waals surface area contributed by atoms with Gasteiger partial charge in [-0.05, 0) is 42.5 Å². The van der Waals surface area contributed by atoms with E-state index >= 15 is 0 Å². The second-order valence-corrected chi connectivity index (χ2v) is 6.02. The molecule has 0 atom stereocenters. The summed E-state index contributed by atoms with van der Waals surface area (Å²) in [6, 6.07) is 14.8. The number of carbonyl (C=O) groups excluding carboxylic acids is 1. The molecule has 0 bridgehead atoms. The number of fused-ring (bicyclic) bond motifs is 1. The fraction of sp³-hybridized carbons (Fsp3) is 0.238.